The number of rotatable bonds is 11. The van der Waals surface area contributed by atoms with Gasteiger partial charge in [-0.05, 0) is 35.4 Å². The maximum Gasteiger partial charge on any atom is 0.415 e. The third-order valence-corrected chi connectivity index (χ3v) is 4.85. The first-order valence-corrected chi connectivity index (χ1v) is 10.8. The van der Waals surface area contributed by atoms with Gasteiger partial charge in [-0.15, -0.1) is 35.6 Å². The van der Waals surface area contributed by atoms with Gasteiger partial charge < -0.3 is 28.6 Å². The second-order valence-corrected chi connectivity index (χ2v) is 7.19. The van der Waals surface area contributed by atoms with Gasteiger partial charge in [0.05, 0.1) is 28.4 Å². The molecule has 0 bridgehead atoms. The van der Waals surface area contributed by atoms with Gasteiger partial charge in [0, 0.05) is 24.8 Å². The number of methoxy groups -OCH3 is 4. The number of halogens is 3. The second-order valence-electron chi connectivity index (χ2n) is 6.44. The molecule has 0 saturated carbocycles. The molecular formula is C23H28Cl3NO6. The molecule has 0 aliphatic rings. The van der Waals surface area contributed by atoms with Crippen molar-refractivity contribution in [2.75, 3.05) is 53.3 Å². The van der Waals surface area contributed by atoms with Crippen molar-refractivity contribution in [1.82, 2.24) is 4.90 Å². The molecule has 10 heteroatoms. The number of hydrogen-bond donors (Lipinski definition) is 0. The lowest BCUT2D eigenvalue weighted by atomic mass is 10.1. The molecule has 0 unspecified atom stereocenters. The Morgan fingerprint density at radius 1 is 0.788 bits per heavy atom. The first-order chi connectivity index (χ1) is 15.5. The van der Waals surface area contributed by atoms with E-state index >= 15 is 0 Å². The van der Waals surface area contributed by atoms with Crippen LogP contribution in [0.5, 0.6) is 28.7 Å². The minimum atomic E-state index is -0.546. The van der Waals surface area contributed by atoms with Gasteiger partial charge in [0.15, 0.2) is 23.0 Å². The Kier molecular flexibility index (Phi) is 12.7. The largest absolute Gasteiger partial charge is 0.493 e. The van der Waals surface area contributed by atoms with Gasteiger partial charge >= 0.3 is 6.09 Å². The Labute approximate surface area is 210 Å². The first kappa shape index (κ1) is 28.6. The van der Waals surface area contributed by atoms with E-state index in [1.807, 2.05) is 30.4 Å². The fourth-order valence-electron chi connectivity index (χ4n) is 2.92. The van der Waals surface area contributed by atoms with Crippen LogP contribution in [0.1, 0.15) is 11.1 Å². The average molecular weight is 521 g/mol. The van der Waals surface area contributed by atoms with Crippen molar-refractivity contribution in [1.29, 1.82) is 0 Å². The lowest BCUT2D eigenvalue weighted by Gasteiger charge is -2.20. The fourth-order valence-corrected chi connectivity index (χ4v) is 3.33. The van der Waals surface area contributed by atoms with E-state index in [2.05, 4.69) is 0 Å². The van der Waals surface area contributed by atoms with Gasteiger partial charge in [-0.2, -0.15) is 0 Å². The van der Waals surface area contributed by atoms with Crippen LogP contribution in [0.4, 0.5) is 4.79 Å². The summed E-state index contributed by atoms with van der Waals surface area (Å²) in [6.07, 6.45) is 3.20. The quantitative estimate of drug-likeness (QED) is 0.284. The number of ether oxygens (including phenoxy) is 5. The molecule has 2 aromatic rings. The molecular weight excluding hydrogens is 493 g/mol. The van der Waals surface area contributed by atoms with Crippen molar-refractivity contribution in [3.63, 3.8) is 0 Å². The van der Waals surface area contributed by atoms with E-state index in [0.29, 0.717) is 41.8 Å². The summed E-state index contributed by atoms with van der Waals surface area (Å²) in [6, 6.07) is 8.95. The fraction of sp³-hybridized carbons (Fsp3) is 0.348. The highest BCUT2D eigenvalue weighted by Gasteiger charge is 2.17. The molecule has 0 saturated heterocycles. The van der Waals surface area contributed by atoms with Crippen molar-refractivity contribution < 1.29 is 28.5 Å². The van der Waals surface area contributed by atoms with Gasteiger partial charge in [0.2, 0.25) is 5.75 Å². The molecule has 7 nitrogen and oxygen atoms in total. The van der Waals surface area contributed by atoms with E-state index in [1.165, 1.54) is 12.0 Å². The monoisotopic (exact) mass is 519 g/mol. The summed E-state index contributed by atoms with van der Waals surface area (Å²) in [5, 5.41) is 0. The highest BCUT2D eigenvalue weighted by atomic mass is 35.5. The van der Waals surface area contributed by atoms with Gasteiger partial charge in [-0.25, -0.2) is 4.79 Å². The summed E-state index contributed by atoms with van der Waals surface area (Å²) in [6.45, 7) is 0.659. The number of carbonyl (C=O) groups is 1. The van der Waals surface area contributed by atoms with E-state index in [0.717, 1.165) is 11.1 Å². The third kappa shape index (κ3) is 7.81. The normalized spacial score (nSPS) is 10.4. The first-order valence-electron chi connectivity index (χ1n) is 9.76. The van der Waals surface area contributed by atoms with Crippen LogP contribution < -0.4 is 23.7 Å². The predicted octanol–water partition coefficient (Wildman–Crippen LogP) is 5.59. The van der Waals surface area contributed by atoms with Crippen LogP contribution in [0.2, 0.25) is 0 Å². The molecule has 0 aromatic heterocycles. The maximum atomic E-state index is 12.5. The molecule has 33 heavy (non-hydrogen) atoms. The van der Waals surface area contributed by atoms with Crippen molar-refractivity contribution in [3.8, 4) is 28.7 Å². The topological polar surface area (TPSA) is 66.5 Å². The van der Waals surface area contributed by atoms with Crippen molar-refractivity contribution in [2.24, 2.45) is 0 Å². The summed E-state index contributed by atoms with van der Waals surface area (Å²) in [4.78, 5) is 14.0. The van der Waals surface area contributed by atoms with Crippen molar-refractivity contribution in [3.05, 3.63) is 41.5 Å². The van der Waals surface area contributed by atoms with Crippen molar-refractivity contribution in [2.45, 2.75) is 0 Å². The van der Waals surface area contributed by atoms with Crippen LogP contribution in [0.3, 0.4) is 0 Å². The lowest BCUT2D eigenvalue weighted by molar-refractivity contribution is 0.156. The molecule has 2 aromatic carbocycles. The minimum Gasteiger partial charge on any atom is -0.493 e. The number of carbonyl (C=O) groups excluding carboxylic acids is 1. The predicted molar refractivity (Wildman–Crippen MR) is 134 cm³/mol. The Morgan fingerprint density at radius 2 is 1.30 bits per heavy atom. The average Bonchev–Trinajstić information content (AvgIpc) is 2.81. The van der Waals surface area contributed by atoms with E-state index in [4.69, 9.17) is 46.9 Å². The molecule has 2 rings (SSSR count). The number of nitrogens with zero attached hydrogens (tertiary/aromatic N) is 1. The zero-order valence-electron chi connectivity index (χ0n) is 18.9. The molecule has 0 atom stereocenters. The molecule has 0 fully saturated rings. The van der Waals surface area contributed by atoms with Crippen molar-refractivity contribution >= 4 is 53.9 Å². The summed E-state index contributed by atoms with van der Waals surface area (Å²) in [5.74, 6) is 2.90. The number of amides is 1. The van der Waals surface area contributed by atoms with E-state index in [-0.39, 0.29) is 24.2 Å². The standard InChI is InChI=1S/C23H27Cl2NO6.ClH/c1-28-18-8-7-16(13-19(18)32-23(27)26(11-9-24)12-10-25)5-6-17-14-20(29-2)22(31-4)21(15-17)30-3;/h5-8,13-15H,9-12H2,1-4H3;1H/b6-5-;. The van der Waals surface area contributed by atoms with E-state index < -0.39 is 6.09 Å². The Balaban J connectivity index is 0.00000544. The van der Waals surface area contributed by atoms with Crippen LogP contribution in [-0.4, -0.2) is 64.3 Å². The maximum absolute atomic E-state index is 12.5. The van der Waals surface area contributed by atoms with E-state index in [1.54, 1.807) is 33.5 Å². The van der Waals surface area contributed by atoms with Gasteiger partial charge in [-0.3, -0.25) is 0 Å². The number of hydrogen-bond acceptors (Lipinski definition) is 6. The molecule has 0 aliphatic heterocycles. The van der Waals surface area contributed by atoms with E-state index in [9.17, 15) is 4.79 Å². The third-order valence-electron chi connectivity index (χ3n) is 4.51. The second kappa shape index (κ2) is 14.6. The number of alkyl halides is 2. The molecule has 0 aliphatic carbocycles. The highest BCUT2D eigenvalue weighted by molar-refractivity contribution is 6.18. The Morgan fingerprint density at radius 3 is 1.79 bits per heavy atom. The molecule has 0 spiro atoms. The molecule has 0 N–H and O–H groups in total. The lowest BCUT2D eigenvalue weighted by Crippen LogP contribution is -2.36. The summed E-state index contributed by atoms with van der Waals surface area (Å²) in [5.41, 5.74) is 1.63. The number of benzene rings is 2. The summed E-state index contributed by atoms with van der Waals surface area (Å²) < 4.78 is 27.0. The van der Waals surface area contributed by atoms with Crippen LogP contribution in [-0.2, 0) is 0 Å². The van der Waals surface area contributed by atoms with Crippen LogP contribution >= 0.6 is 35.6 Å². The smallest absolute Gasteiger partial charge is 0.415 e. The molecule has 0 radical (unpaired) electrons. The zero-order chi connectivity index (χ0) is 23.5. The van der Waals surface area contributed by atoms with Gasteiger partial charge in [-0.1, -0.05) is 18.2 Å². The van der Waals surface area contributed by atoms with Gasteiger partial charge in [0.25, 0.3) is 0 Å². The van der Waals surface area contributed by atoms with Crippen LogP contribution in [0.15, 0.2) is 30.3 Å². The Hall–Kier alpha value is -2.48. The molecule has 182 valence electrons. The highest BCUT2D eigenvalue weighted by Crippen LogP contribution is 2.38. The Bertz CT molecular complexity index is 907. The summed E-state index contributed by atoms with van der Waals surface area (Å²) >= 11 is 11.5. The summed E-state index contributed by atoms with van der Waals surface area (Å²) in [7, 11) is 6.18. The van der Waals surface area contributed by atoms with Crippen LogP contribution in [0.25, 0.3) is 12.2 Å². The van der Waals surface area contributed by atoms with Crippen LogP contribution in [0, 0.1) is 0 Å². The molecule has 0 heterocycles. The zero-order valence-corrected chi connectivity index (χ0v) is 21.3. The SMILES string of the molecule is COc1ccc(/C=C\c2cc(OC)c(OC)c(OC)c2)cc1OC(=O)N(CCCl)CCCl.Cl. The molecule has 1 amide bonds. The minimum absolute atomic E-state index is 0. The van der Waals surface area contributed by atoms with Gasteiger partial charge in [0.1, 0.15) is 0 Å².